The van der Waals surface area contributed by atoms with Crippen molar-refractivity contribution in [3.63, 3.8) is 0 Å². The Kier molecular flexibility index (Phi) is 4.62. The summed E-state index contributed by atoms with van der Waals surface area (Å²) >= 11 is 3.36. The predicted molar refractivity (Wildman–Crippen MR) is 80.8 cm³/mol. The second-order valence-electron chi connectivity index (χ2n) is 4.37. The molecule has 0 radical (unpaired) electrons. The molecule has 0 spiro atoms. The number of rotatable bonds is 5. The number of sulfonamides is 1. The molecular formula is C13H16BrN3O2S. The van der Waals surface area contributed by atoms with Crippen LogP contribution < -0.4 is 4.72 Å². The highest BCUT2D eigenvalue weighted by atomic mass is 79.9. The average molecular weight is 358 g/mol. The summed E-state index contributed by atoms with van der Waals surface area (Å²) in [5.41, 5.74) is 0.884. The van der Waals surface area contributed by atoms with Crippen molar-refractivity contribution >= 4 is 26.0 Å². The third kappa shape index (κ3) is 3.47. The lowest BCUT2D eigenvalue weighted by molar-refractivity contribution is 0.577. The van der Waals surface area contributed by atoms with E-state index in [2.05, 4.69) is 25.6 Å². The molecule has 0 unspecified atom stereocenters. The monoisotopic (exact) mass is 357 g/mol. The molecule has 7 heteroatoms. The molecule has 2 aromatic rings. The molecule has 108 valence electrons. The summed E-state index contributed by atoms with van der Waals surface area (Å²) in [4.78, 5) is 4.09. The normalized spacial score (nSPS) is 11.8. The van der Waals surface area contributed by atoms with Gasteiger partial charge in [0.05, 0.1) is 0 Å². The molecule has 1 aromatic heterocycles. The van der Waals surface area contributed by atoms with Crippen LogP contribution in [0.1, 0.15) is 18.3 Å². The lowest BCUT2D eigenvalue weighted by Gasteiger charge is -2.04. The lowest BCUT2D eigenvalue weighted by atomic mass is 10.2. The second-order valence-corrected chi connectivity index (χ2v) is 7.00. The van der Waals surface area contributed by atoms with Crippen molar-refractivity contribution in [3.05, 3.63) is 46.3 Å². The highest BCUT2D eigenvalue weighted by molar-refractivity contribution is 9.10. The van der Waals surface area contributed by atoms with Crippen LogP contribution >= 0.6 is 15.9 Å². The van der Waals surface area contributed by atoms with Gasteiger partial charge in [0.15, 0.2) is 5.03 Å². The van der Waals surface area contributed by atoms with Crippen LogP contribution in [0.3, 0.4) is 0 Å². The first-order valence-electron chi connectivity index (χ1n) is 6.20. The van der Waals surface area contributed by atoms with Crippen molar-refractivity contribution in [2.24, 2.45) is 0 Å². The Morgan fingerprint density at radius 2 is 2.15 bits per heavy atom. The number of nitrogens with zero attached hydrogens (tertiary/aromatic N) is 2. The van der Waals surface area contributed by atoms with E-state index >= 15 is 0 Å². The summed E-state index contributed by atoms with van der Waals surface area (Å²) in [6.07, 6.45) is 1.55. The zero-order valence-corrected chi connectivity index (χ0v) is 13.7. The molecule has 0 fully saturated rings. The first-order valence-corrected chi connectivity index (χ1v) is 8.48. The topological polar surface area (TPSA) is 64.0 Å². The maximum Gasteiger partial charge on any atom is 0.259 e. The molecular weight excluding hydrogens is 342 g/mol. The van der Waals surface area contributed by atoms with Crippen molar-refractivity contribution in [1.82, 2.24) is 14.3 Å². The fourth-order valence-corrected chi connectivity index (χ4v) is 3.30. The van der Waals surface area contributed by atoms with Gasteiger partial charge in [-0.25, -0.2) is 18.1 Å². The highest BCUT2D eigenvalue weighted by Gasteiger charge is 2.18. The van der Waals surface area contributed by atoms with Crippen LogP contribution in [0, 0.1) is 6.92 Å². The average Bonchev–Trinajstić information content (AvgIpc) is 2.79. The molecule has 0 aliphatic carbocycles. The first kappa shape index (κ1) is 15.2. The fourth-order valence-electron chi connectivity index (χ4n) is 1.83. The molecule has 0 aliphatic rings. The molecule has 1 heterocycles. The highest BCUT2D eigenvalue weighted by Crippen LogP contribution is 2.13. The van der Waals surface area contributed by atoms with Crippen molar-refractivity contribution in [2.75, 3.05) is 0 Å². The number of benzene rings is 1. The minimum absolute atomic E-state index is 0.0619. The molecule has 0 aliphatic heterocycles. The number of nitrogens with one attached hydrogen (secondary N) is 1. The lowest BCUT2D eigenvalue weighted by Crippen LogP contribution is -2.23. The minimum atomic E-state index is -3.58. The Morgan fingerprint density at radius 3 is 2.75 bits per heavy atom. The van der Waals surface area contributed by atoms with Gasteiger partial charge >= 0.3 is 0 Å². The molecule has 1 N–H and O–H groups in total. The van der Waals surface area contributed by atoms with Crippen molar-refractivity contribution in [3.8, 4) is 0 Å². The maximum absolute atomic E-state index is 12.2. The van der Waals surface area contributed by atoms with E-state index < -0.39 is 10.0 Å². The Labute approximate surface area is 127 Å². The molecule has 0 bridgehead atoms. The maximum atomic E-state index is 12.2. The molecule has 0 saturated carbocycles. The Bertz CT molecular complexity index is 710. The number of imidazole rings is 1. The number of hydrogen-bond donors (Lipinski definition) is 1. The summed E-state index contributed by atoms with van der Waals surface area (Å²) < 4.78 is 29.6. The Hall–Kier alpha value is -1.18. The number of halogens is 1. The van der Waals surface area contributed by atoms with E-state index in [1.807, 2.05) is 31.2 Å². The standard InChI is InChI=1S/C13H16BrN3O2S/c1-3-17-9-13(16-10(17)2)20(18,19)15-8-11-5-4-6-12(14)7-11/h4-7,9,15H,3,8H2,1-2H3. The predicted octanol–water partition coefficient (Wildman–Crippen LogP) is 2.45. The third-order valence-electron chi connectivity index (χ3n) is 2.93. The van der Waals surface area contributed by atoms with Gasteiger partial charge in [0.2, 0.25) is 0 Å². The van der Waals surface area contributed by atoms with E-state index in [1.165, 1.54) is 0 Å². The summed E-state index contributed by atoms with van der Waals surface area (Å²) in [5.74, 6) is 0.690. The zero-order chi connectivity index (χ0) is 14.8. The van der Waals surface area contributed by atoms with Gasteiger partial charge in [-0.1, -0.05) is 28.1 Å². The summed E-state index contributed by atoms with van der Waals surface area (Å²) in [6.45, 7) is 4.66. The van der Waals surface area contributed by atoms with Crippen molar-refractivity contribution < 1.29 is 8.42 Å². The van der Waals surface area contributed by atoms with Gasteiger partial charge in [-0.15, -0.1) is 0 Å². The van der Waals surface area contributed by atoms with Crippen molar-refractivity contribution in [1.29, 1.82) is 0 Å². The van der Waals surface area contributed by atoms with Crippen LogP contribution in [0.15, 0.2) is 40.0 Å². The molecule has 0 atom stereocenters. The summed E-state index contributed by atoms with van der Waals surface area (Å²) in [5, 5.41) is 0.0619. The minimum Gasteiger partial charge on any atom is -0.334 e. The summed E-state index contributed by atoms with van der Waals surface area (Å²) in [6, 6.07) is 7.50. The SMILES string of the molecule is CCn1cc(S(=O)(=O)NCc2cccc(Br)c2)nc1C. The van der Waals surface area contributed by atoms with E-state index in [9.17, 15) is 8.42 Å². The van der Waals surface area contributed by atoms with E-state index in [0.717, 1.165) is 10.0 Å². The second kappa shape index (κ2) is 6.07. The number of aryl methyl sites for hydroxylation is 2. The van der Waals surface area contributed by atoms with Crippen LogP contribution in [-0.2, 0) is 23.1 Å². The van der Waals surface area contributed by atoms with Gasteiger partial charge in [-0.05, 0) is 31.5 Å². The third-order valence-corrected chi connectivity index (χ3v) is 4.69. The van der Waals surface area contributed by atoms with Crippen LogP contribution in [-0.4, -0.2) is 18.0 Å². The van der Waals surface area contributed by atoms with E-state index in [4.69, 9.17) is 0 Å². The Balaban J connectivity index is 2.15. The van der Waals surface area contributed by atoms with Gasteiger partial charge in [0, 0.05) is 23.8 Å². The fraction of sp³-hybridized carbons (Fsp3) is 0.308. The number of hydrogen-bond acceptors (Lipinski definition) is 3. The summed E-state index contributed by atoms with van der Waals surface area (Å²) in [7, 11) is -3.58. The zero-order valence-electron chi connectivity index (χ0n) is 11.3. The molecule has 0 amide bonds. The first-order chi connectivity index (χ1) is 9.42. The van der Waals surface area contributed by atoms with Gasteiger partial charge in [-0.2, -0.15) is 0 Å². The van der Waals surface area contributed by atoms with Crippen LogP contribution in [0.25, 0.3) is 0 Å². The Morgan fingerprint density at radius 1 is 1.40 bits per heavy atom. The van der Waals surface area contributed by atoms with Crippen LogP contribution in [0.4, 0.5) is 0 Å². The smallest absolute Gasteiger partial charge is 0.259 e. The van der Waals surface area contributed by atoms with Gasteiger partial charge in [-0.3, -0.25) is 0 Å². The van der Waals surface area contributed by atoms with Gasteiger partial charge < -0.3 is 4.57 Å². The molecule has 20 heavy (non-hydrogen) atoms. The molecule has 1 aromatic carbocycles. The van der Waals surface area contributed by atoms with Crippen molar-refractivity contribution in [2.45, 2.75) is 32.0 Å². The van der Waals surface area contributed by atoms with Crippen LogP contribution in [0.5, 0.6) is 0 Å². The van der Waals surface area contributed by atoms with E-state index in [0.29, 0.717) is 12.4 Å². The molecule has 5 nitrogen and oxygen atoms in total. The van der Waals surface area contributed by atoms with Crippen LogP contribution in [0.2, 0.25) is 0 Å². The van der Waals surface area contributed by atoms with E-state index in [1.54, 1.807) is 17.7 Å². The quantitative estimate of drug-likeness (QED) is 0.893. The largest absolute Gasteiger partial charge is 0.334 e. The van der Waals surface area contributed by atoms with E-state index in [-0.39, 0.29) is 11.6 Å². The van der Waals surface area contributed by atoms with Gasteiger partial charge in [0.25, 0.3) is 10.0 Å². The number of aromatic nitrogens is 2. The van der Waals surface area contributed by atoms with Gasteiger partial charge in [0.1, 0.15) is 5.82 Å². The molecule has 0 saturated heterocycles. The molecule has 2 rings (SSSR count).